The first-order valence-electron chi connectivity index (χ1n) is 7.14. The largest absolute Gasteiger partial charge is 0.392 e. The molecule has 0 aliphatic rings. The zero-order valence-electron chi connectivity index (χ0n) is 12.9. The molecule has 0 spiro atoms. The van der Waals surface area contributed by atoms with E-state index in [9.17, 15) is 18.7 Å². The van der Waals surface area contributed by atoms with Gasteiger partial charge in [-0.05, 0) is 17.9 Å². The molecule has 0 fully saturated rings. The van der Waals surface area contributed by atoms with Crippen molar-refractivity contribution in [3.05, 3.63) is 35.4 Å². The van der Waals surface area contributed by atoms with Crippen molar-refractivity contribution >= 4 is 5.91 Å². The normalized spacial score (nSPS) is 14.3. The molecular formula is C16H23F2NO2. The van der Waals surface area contributed by atoms with Gasteiger partial charge in [0.2, 0.25) is 5.91 Å². The van der Waals surface area contributed by atoms with E-state index in [1.165, 1.54) is 12.1 Å². The number of hydrogen-bond acceptors (Lipinski definition) is 2. The number of benzene rings is 1. The molecule has 1 aromatic rings. The Morgan fingerprint density at radius 3 is 2.29 bits per heavy atom. The van der Waals surface area contributed by atoms with Crippen molar-refractivity contribution in [3.63, 3.8) is 0 Å². The van der Waals surface area contributed by atoms with Crippen molar-refractivity contribution in [2.45, 2.75) is 46.3 Å². The summed E-state index contributed by atoms with van der Waals surface area (Å²) in [6, 6.07) is 2.76. The van der Waals surface area contributed by atoms with Crippen LogP contribution in [0.15, 0.2) is 18.2 Å². The minimum Gasteiger partial charge on any atom is -0.392 e. The van der Waals surface area contributed by atoms with E-state index in [0.29, 0.717) is 0 Å². The summed E-state index contributed by atoms with van der Waals surface area (Å²) in [5, 5.41) is 12.4. The van der Waals surface area contributed by atoms with Crippen LogP contribution in [0.1, 0.15) is 45.7 Å². The van der Waals surface area contributed by atoms with Crippen LogP contribution < -0.4 is 5.32 Å². The molecule has 0 saturated carbocycles. The molecular weight excluding hydrogens is 276 g/mol. The van der Waals surface area contributed by atoms with Gasteiger partial charge in [0.15, 0.2) is 0 Å². The monoisotopic (exact) mass is 299 g/mol. The Kier molecular flexibility index (Phi) is 6.27. The maximum absolute atomic E-state index is 13.9. The second-order valence-corrected chi connectivity index (χ2v) is 5.97. The van der Waals surface area contributed by atoms with Crippen LogP contribution >= 0.6 is 0 Å². The molecule has 0 aromatic heterocycles. The molecule has 0 aliphatic heterocycles. The van der Waals surface area contributed by atoms with Gasteiger partial charge in [-0.2, -0.15) is 0 Å². The Morgan fingerprint density at radius 1 is 1.19 bits per heavy atom. The van der Waals surface area contributed by atoms with E-state index in [-0.39, 0.29) is 29.7 Å². The smallest absolute Gasteiger partial charge is 0.223 e. The number of halogens is 2. The molecule has 3 nitrogen and oxygen atoms in total. The summed E-state index contributed by atoms with van der Waals surface area (Å²) in [4.78, 5) is 12.0. The van der Waals surface area contributed by atoms with Gasteiger partial charge in [-0.3, -0.25) is 4.79 Å². The zero-order chi connectivity index (χ0) is 16.2. The summed E-state index contributed by atoms with van der Waals surface area (Å²) in [7, 11) is 0. The molecule has 1 aromatic carbocycles. The lowest BCUT2D eigenvalue weighted by Crippen LogP contribution is -2.35. The Morgan fingerprint density at radius 2 is 1.81 bits per heavy atom. The third-order valence-corrected chi connectivity index (χ3v) is 3.44. The third-order valence-electron chi connectivity index (χ3n) is 3.44. The fourth-order valence-electron chi connectivity index (χ4n) is 2.02. The first kappa shape index (κ1) is 17.6. The van der Waals surface area contributed by atoms with Crippen molar-refractivity contribution in [2.75, 3.05) is 0 Å². The Hall–Kier alpha value is -1.49. The van der Waals surface area contributed by atoms with E-state index in [0.717, 1.165) is 6.07 Å². The Balaban J connectivity index is 2.86. The van der Waals surface area contributed by atoms with Gasteiger partial charge in [0.05, 0.1) is 18.6 Å². The molecule has 2 atom stereocenters. The van der Waals surface area contributed by atoms with Crippen molar-refractivity contribution in [1.29, 1.82) is 0 Å². The molecule has 118 valence electrons. The first-order valence-corrected chi connectivity index (χ1v) is 7.14. The second-order valence-electron chi connectivity index (χ2n) is 5.97. The lowest BCUT2D eigenvalue weighted by molar-refractivity contribution is -0.124. The van der Waals surface area contributed by atoms with Gasteiger partial charge in [0, 0.05) is 11.6 Å². The molecule has 0 saturated heterocycles. The van der Waals surface area contributed by atoms with E-state index in [1.54, 1.807) is 0 Å². The van der Waals surface area contributed by atoms with Crippen molar-refractivity contribution < 1.29 is 18.7 Å². The number of nitrogens with one attached hydrogen (secondary N) is 1. The van der Waals surface area contributed by atoms with E-state index in [1.807, 2.05) is 27.7 Å². The predicted octanol–water partition coefficient (Wildman–Crippen LogP) is 3.19. The van der Waals surface area contributed by atoms with Crippen LogP contribution in [0.25, 0.3) is 0 Å². The highest BCUT2D eigenvalue weighted by atomic mass is 19.1. The van der Waals surface area contributed by atoms with Crippen LogP contribution in [-0.4, -0.2) is 17.1 Å². The van der Waals surface area contributed by atoms with Crippen molar-refractivity contribution in [1.82, 2.24) is 5.32 Å². The van der Waals surface area contributed by atoms with Crippen LogP contribution in [0.5, 0.6) is 0 Å². The standard InChI is InChI=1S/C16H23F2NO2/c1-9(2)14(20)8-15(21)19-16(10(3)4)12-6-5-11(17)7-13(12)18/h5-7,9-10,14,16,20H,8H2,1-4H3,(H,19,21). The maximum Gasteiger partial charge on any atom is 0.223 e. The van der Waals surface area contributed by atoms with Crippen LogP contribution in [0, 0.1) is 23.5 Å². The SMILES string of the molecule is CC(C)C(O)CC(=O)NC(c1ccc(F)cc1F)C(C)C. The third kappa shape index (κ3) is 5.08. The van der Waals surface area contributed by atoms with Gasteiger partial charge in [0.25, 0.3) is 0 Å². The average Bonchev–Trinajstić information content (AvgIpc) is 2.36. The van der Waals surface area contributed by atoms with Crippen LogP contribution in [0.4, 0.5) is 8.78 Å². The molecule has 0 heterocycles. The number of rotatable bonds is 6. The molecule has 2 unspecified atom stereocenters. The van der Waals surface area contributed by atoms with E-state index < -0.39 is 23.8 Å². The van der Waals surface area contributed by atoms with Crippen LogP contribution in [-0.2, 0) is 4.79 Å². The highest BCUT2D eigenvalue weighted by Gasteiger charge is 2.23. The molecule has 2 N–H and O–H groups in total. The second kappa shape index (κ2) is 7.50. The van der Waals surface area contributed by atoms with E-state index in [2.05, 4.69) is 5.32 Å². The fourth-order valence-corrected chi connectivity index (χ4v) is 2.02. The average molecular weight is 299 g/mol. The lowest BCUT2D eigenvalue weighted by Gasteiger charge is -2.24. The maximum atomic E-state index is 13.9. The number of aliphatic hydroxyl groups excluding tert-OH is 1. The molecule has 21 heavy (non-hydrogen) atoms. The summed E-state index contributed by atoms with van der Waals surface area (Å²) in [6.07, 6.45) is -0.778. The minimum atomic E-state index is -0.740. The number of hydrogen-bond donors (Lipinski definition) is 2. The van der Waals surface area contributed by atoms with Gasteiger partial charge in [-0.25, -0.2) is 8.78 Å². The highest BCUT2D eigenvalue weighted by molar-refractivity contribution is 5.77. The Bertz CT molecular complexity index is 489. The fraction of sp³-hybridized carbons (Fsp3) is 0.562. The van der Waals surface area contributed by atoms with E-state index in [4.69, 9.17) is 0 Å². The minimum absolute atomic E-state index is 0.0317. The van der Waals surface area contributed by atoms with Crippen LogP contribution in [0.2, 0.25) is 0 Å². The lowest BCUT2D eigenvalue weighted by atomic mass is 9.94. The van der Waals surface area contributed by atoms with Gasteiger partial charge < -0.3 is 10.4 Å². The molecule has 0 bridgehead atoms. The van der Waals surface area contributed by atoms with Crippen molar-refractivity contribution in [2.24, 2.45) is 11.8 Å². The summed E-state index contributed by atoms with van der Waals surface area (Å²) in [6.45, 7) is 7.31. The molecule has 1 rings (SSSR count). The highest BCUT2D eigenvalue weighted by Crippen LogP contribution is 2.25. The zero-order valence-corrected chi connectivity index (χ0v) is 12.9. The first-order chi connectivity index (χ1) is 9.72. The number of aliphatic hydroxyl groups is 1. The topological polar surface area (TPSA) is 49.3 Å². The number of amides is 1. The Labute approximate surface area is 124 Å². The molecule has 0 radical (unpaired) electrons. The molecule has 5 heteroatoms. The number of carbonyl (C=O) groups excluding carboxylic acids is 1. The molecule has 0 aliphatic carbocycles. The number of carbonyl (C=O) groups is 1. The predicted molar refractivity (Wildman–Crippen MR) is 77.5 cm³/mol. The summed E-state index contributed by atoms with van der Waals surface area (Å²) >= 11 is 0. The van der Waals surface area contributed by atoms with E-state index >= 15 is 0 Å². The van der Waals surface area contributed by atoms with Crippen molar-refractivity contribution in [3.8, 4) is 0 Å². The van der Waals surface area contributed by atoms with Crippen LogP contribution in [0.3, 0.4) is 0 Å². The quantitative estimate of drug-likeness (QED) is 0.847. The van der Waals surface area contributed by atoms with Gasteiger partial charge >= 0.3 is 0 Å². The van der Waals surface area contributed by atoms with Gasteiger partial charge in [0.1, 0.15) is 11.6 Å². The van der Waals surface area contributed by atoms with Gasteiger partial charge in [-0.15, -0.1) is 0 Å². The van der Waals surface area contributed by atoms with Gasteiger partial charge in [-0.1, -0.05) is 33.8 Å². The summed E-state index contributed by atoms with van der Waals surface area (Å²) in [5.41, 5.74) is 0.249. The summed E-state index contributed by atoms with van der Waals surface area (Å²) in [5.74, 6) is -1.78. The summed E-state index contributed by atoms with van der Waals surface area (Å²) < 4.78 is 26.8. The molecule has 1 amide bonds.